The molecule has 0 fully saturated rings. The number of benzene rings is 1. The van der Waals surface area contributed by atoms with Gasteiger partial charge in [0.2, 0.25) is 0 Å². The number of halogens is 1. The van der Waals surface area contributed by atoms with E-state index in [0.717, 1.165) is 0 Å². The number of likely N-dealkylation sites (N-methyl/N-ethyl adjacent to an activating group) is 1. The molecular formula is C14H19FN2O3. The zero-order valence-electron chi connectivity index (χ0n) is 11.8. The van der Waals surface area contributed by atoms with E-state index in [1.165, 1.54) is 41.1 Å². The molecule has 0 aliphatic carbocycles. The maximum absolute atomic E-state index is 12.9. The van der Waals surface area contributed by atoms with Crippen molar-refractivity contribution in [3.05, 3.63) is 30.1 Å². The standard InChI is InChI=1S/C14H19FN2O3/c1-4-12(13(18)19)16(3)14(20)17(5-2)11-8-6-10(15)7-9-11/h6-9,12H,4-5H2,1-3H3,(H,18,19). The summed E-state index contributed by atoms with van der Waals surface area (Å²) in [5.41, 5.74) is 0.533. The molecule has 0 aliphatic rings. The van der Waals surface area contributed by atoms with Gasteiger partial charge in [0.1, 0.15) is 11.9 Å². The Morgan fingerprint density at radius 3 is 2.20 bits per heavy atom. The van der Waals surface area contributed by atoms with Crippen molar-refractivity contribution in [2.45, 2.75) is 26.3 Å². The van der Waals surface area contributed by atoms with Gasteiger partial charge in [0.25, 0.3) is 0 Å². The van der Waals surface area contributed by atoms with Gasteiger partial charge in [0.15, 0.2) is 0 Å². The highest BCUT2D eigenvalue weighted by atomic mass is 19.1. The maximum atomic E-state index is 12.9. The van der Waals surface area contributed by atoms with Crippen molar-refractivity contribution in [3.63, 3.8) is 0 Å². The molecule has 0 saturated heterocycles. The van der Waals surface area contributed by atoms with E-state index >= 15 is 0 Å². The second kappa shape index (κ2) is 6.88. The number of aliphatic carboxylic acids is 1. The molecule has 1 atom stereocenters. The predicted molar refractivity (Wildman–Crippen MR) is 74.3 cm³/mol. The van der Waals surface area contributed by atoms with Crippen molar-refractivity contribution in [1.82, 2.24) is 4.90 Å². The molecule has 6 heteroatoms. The minimum Gasteiger partial charge on any atom is -0.480 e. The number of amides is 2. The molecule has 5 nitrogen and oxygen atoms in total. The molecule has 110 valence electrons. The summed E-state index contributed by atoms with van der Waals surface area (Å²) in [5, 5.41) is 9.09. The van der Waals surface area contributed by atoms with Gasteiger partial charge in [-0.3, -0.25) is 4.90 Å². The molecule has 0 bridgehead atoms. The van der Waals surface area contributed by atoms with Gasteiger partial charge >= 0.3 is 12.0 Å². The summed E-state index contributed by atoms with van der Waals surface area (Å²) in [6.07, 6.45) is 0.318. The predicted octanol–water partition coefficient (Wildman–Crippen LogP) is 2.57. The molecule has 1 unspecified atom stereocenters. The Kier molecular flexibility index (Phi) is 5.49. The Morgan fingerprint density at radius 2 is 1.80 bits per heavy atom. The van der Waals surface area contributed by atoms with Crippen molar-refractivity contribution in [3.8, 4) is 0 Å². The molecule has 0 spiro atoms. The van der Waals surface area contributed by atoms with E-state index in [0.29, 0.717) is 18.7 Å². The normalized spacial score (nSPS) is 11.8. The molecule has 20 heavy (non-hydrogen) atoms. The van der Waals surface area contributed by atoms with Crippen LogP contribution in [0.25, 0.3) is 0 Å². The molecule has 1 aromatic carbocycles. The fourth-order valence-electron chi connectivity index (χ4n) is 1.99. The number of carboxylic acid groups (broad SMARTS) is 1. The van der Waals surface area contributed by atoms with Crippen LogP contribution in [0.5, 0.6) is 0 Å². The van der Waals surface area contributed by atoms with Crippen LogP contribution in [0.15, 0.2) is 24.3 Å². The molecule has 0 radical (unpaired) electrons. The van der Waals surface area contributed by atoms with Gasteiger partial charge in [-0.15, -0.1) is 0 Å². The summed E-state index contributed by atoms with van der Waals surface area (Å²) in [7, 11) is 1.46. The third-order valence-electron chi connectivity index (χ3n) is 3.13. The molecule has 0 heterocycles. The summed E-state index contributed by atoms with van der Waals surface area (Å²) >= 11 is 0. The van der Waals surface area contributed by atoms with Gasteiger partial charge in [-0.25, -0.2) is 14.0 Å². The Bertz CT molecular complexity index is 476. The Labute approximate surface area is 117 Å². The van der Waals surface area contributed by atoms with E-state index < -0.39 is 18.0 Å². The SMILES string of the molecule is CCC(C(=O)O)N(C)C(=O)N(CC)c1ccc(F)cc1. The average Bonchev–Trinajstić information content (AvgIpc) is 2.41. The highest BCUT2D eigenvalue weighted by Crippen LogP contribution is 2.17. The first-order valence-electron chi connectivity index (χ1n) is 6.45. The van der Waals surface area contributed by atoms with Gasteiger partial charge < -0.3 is 10.0 Å². The van der Waals surface area contributed by atoms with Crippen LogP contribution in [-0.2, 0) is 4.79 Å². The van der Waals surface area contributed by atoms with Crippen molar-refractivity contribution in [2.24, 2.45) is 0 Å². The molecule has 1 N–H and O–H groups in total. The summed E-state index contributed by atoms with van der Waals surface area (Å²) in [5.74, 6) is -1.43. The molecule has 1 aromatic rings. The molecule has 0 aromatic heterocycles. The monoisotopic (exact) mass is 282 g/mol. The van der Waals surface area contributed by atoms with Gasteiger partial charge in [-0.1, -0.05) is 6.92 Å². The third-order valence-corrected chi connectivity index (χ3v) is 3.13. The maximum Gasteiger partial charge on any atom is 0.326 e. The van der Waals surface area contributed by atoms with Crippen molar-refractivity contribution in [2.75, 3.05) is 18.5 Å². The van der Waals surface area contributed by atoms with Crippen molar-refractivity contribution < 1.29 is 19.1 Å². The highest BCUT2D eigenvalue weighted by Gasteiger charge is 2.28. The number of urea groups is 1. The Hall–Kier alpha value is -2.11. The first kappa shape index (κ1) is 15.9. The molecule has 1 rings (SSSR count). The number of carbonyl (C=O) groups is 2. The molecule has 0 aliphatic heterocycles. The Morgan fingerprint density at radius 1 is 1.25 bits per heavy atom. The van der Waals surface area contributed by atoms with Crippen LogP contribution in [0.1, 0.15) is 20.3 Å². The molecule has 0 saturated carbocycles. The van der Waals surface area contributed by atoms with Crippen molar-refractivity contribution in [1.29, 1.82) is 0 Å². The summed E-state index contributed by atoms with van der Waals surface area (Å²) in [6, 6.07) is 4.21. The lowest BCUT2D eigenvalue weighted by molar-refractivity contribution is -0.141. The van der Waals surface area contributed by atoms with E-state index in [9.17, 15) is 14.0 Å². The van der Waals surface area contributed by atoms with E-state index in [2.05, 4.69) is 0 Å². The van der Waals surface area contributed by atoms with E-state index in [-0.39, 0.29) is 5.82 Å². The van der Waals surface area contributed by atoms with Crippen LogP contribution in [-0.4, -0.2) is 41.6 Å². The molecule has 2 amide bonds. The number of nitrogens with zero attached hydrogens (tertiary/aromatic N) is 2. The van der Waals surface area contributed by atoms with Gasteiger partial charge in [-0.05, 0) is 37.6 Å². The van der Waals surface area contributed by atoms with Gasteiger partial charge in [0.05, 0.1) is 0 Å². The van der Waals surface area contributed by atoms with E-state index in [1.807, 2.05) is 0 Å². The van der Waals surface area contributed by atoms with Crippen LogP contribution in [0.2, 0.25) is 0 Å². The quantitative estimate of drug-likeness (QED) is 0.903. The highest BCUT2D eigenvalue weighted by molar-refractivity contribution is 5.94. The number of carbonyl (C=O) groups excluding carboxylic acids is 1. The smallest absolute Gasteiger partial charge is 0.326 e. The van der Waals surface area contributed by atoms with E-state index in [1.54, 1.807) is 13.8 Å². The number of anilines is 1. The largest absolute Gasteiger partial charge is 0.480 e. The summed E-state index contributed by atoms with van der Waals surface area (Å²) < 4.78 is 12.9. The zero-order chi connectivity index (χ0) is 15.3. The molecular weight excluding hydrogens is 263 g/mol. The minimum atomic E-state index is -1.04. The van der Waals surface area contributed by atoms with Crippen LogP contribution >= 0.6 is 0 Å². The lowest BCUT2D eigenvalue weighted by Gasteiger charge is -2.30. The van der Waals surface area contributed by atoms with Crippen LogP contribution in [0.3, 0.4) is 0 Å². The summed E-state index contributed by atoms with van der Waals surface area (Å²) in [6.45, 7) is 3.85. The zero-order valence-corrected chi connectivity index (χ0v) is 11.8. The first-order chi connectivity index (χ1) is 9.42. The first-order valence-corrected chi connectivity index (χ1v) is 6.45. The van der Waals surface area contributed by atoms with Gasteiger partial charge in [-0.2, -0.15) is 0 Å². The van der Waals surface area contributed by atoms with Gasteiger partial charge in [0, 0.05) is 19.3 Å². The number of hydrogen-bond donors (Lipinski definition) is 1. The van der Waals surface area contributed by atoms with Crippen LogP contribution < -0.4 is 4.90 Å². The fraction of sp³-hybridized carbons (Fsp3) is 0.429. The number of rotatable bonds is 5. The number of hydrogen-bond acceptors (Lipinski definition) is 2. The lowest BCUT2D eigenvalue weighted by Crippen LogP contribution is -2.49. The minimum absolute atomic E-state index is 0.318. The van der Waals surface area contributed by atoms with Crippen molar-refractivity contribution >= 4 is 17.7 Å². The second-order valence-corrected chi connectivity index (χ2v) is 4.38. The fourth-order valence-corrected chi connectivity index (χ4v) is 1.99. The summed E-state index contributed by atoms with van der Waals surface area (Å²) in [4.78, 5) is 26.1. The number of carboxylic acids is 1. The topological polar surface area (TPSA) is 60.9 Å². The Balaban J connectivity index is 2.97. The van der Waals surface area contributed by atoms with Crippen LogP contribution in [0, 0.1) is 5.82 Å². The van der Waals surface area contributed by atoms with Crippen LogP contribution in [0.4, 0.5) is 14.9 Å². The van der Waals surface area contributed by atoms with E-state index in [4.69, 9.17) is 5.11 Å². The average molecular weight is 282 g/mol. The third kappa shape index (κ3) is 3.46. The lowest BCUT2D eigenvalue weighted by atomic mass is 10.2. The second-order valence-electron chi connectivity index (χ2n) is 4.38.